The van der Waals surface area contributed by atoms with Crippen molar-refractivity contribution in [2.45, 2.75) is 19.4 Å². The van der Waals surface area contributed by atoms with Crippen LogP contribution >= 0.6 is 0 Å². The summed E-state index contributed by atoms with van der Waals surface area (Å²) in [5, 5.41) is 10.3. The fourth-order valence-corrected chi connectivity index (χ4v) is 1.90. The van der Waals surface area contributed by atoms with Crippen molar-refractivity contribution in [3.05, 3.63) is 39.6 Å². The van der Waals surface area contributed by atoms with Crippen LogP contribution in [0, 0.1) is 10.1 Å². The molecule has 0 aliphatic carbocycles. The maximum absolute atomic E-state index is 10.3. The summed E-state index contributed by atoms with van der Waals surface area (Å²) in [6.07, 6.45) is 3.28. The predicted octanol–water partition coefficient (Wildman–Crippen LogP) is 2.27. The third kappa shape index (κ3) is 2.38. The first-order valence-corrected chi connectivity index (χ1v) is 5.29. The molecule has 90 valence electrons. The SMILES string of the molecule is COc1cc2c(cc1/C=C/[N+](=O)[O-])O[C@H](C)C2. The van der Waals surface area contributed by atoms with Crippen LogP contribution < -0.4 is 9.47 Å². The van der Waals surface area contributed by atoms with Crippen molar-refractivity contribution in [2.24, 2.45) is 0 Å². The van der Waals surface area contributed by atoms with Crippen molar-refractivity contribution in [3.8, 4) is 11.5 Å². The van der Waals surface area contributed by atoms with Crippen LogP contribution in [-0.4, -0.2) is 18.1 Å². The lowest BCUT2D eigenvalue weighted by Gasteiger charge is -2.07. The fraction of sp³-hybridized carbons (Fsp3) is 0.333. The van der Waals surface area contributed by atoms with Gasteiger partial charge in [-0.1, -0.05) is 0 Å². The van der Waals surface area contributed by atoms with E-state index in [9.17, 15) is 10.1 Å². The summed E-state index contributed by atoms with van der Waals surface area (Å²) in [6, 6.07) is 3.65. The van der Waals surface area contributed by atoms with Crippen LogP contribution in [0.25, 0.3) is 6.08 Å². The van der Waals surface area contributed by atoms with Gasteiger partial charge in [0.05, 0.1) is 12.0 Å². The molecule has 1 atom stereocenters. The first-order chi connectivity index (χ1) is 8.10. The minimum atomic E-state index is -0.504. The molecule has 0 saturated heterocycles. The number of hydrogen-bond donors (Lipinski definition) is 0. The zero-order valence-electron chi connectivity index (χ0n) is 9.67. The Hall–Kier alpha value is -2.04. The first kappa shape index (κ1) is 11.4. The van der Waals surface area contributed by atoms with Crippen LogP contribution in [0.3, 0.4) is 0 Å². The average molecular weight is 235 g/mol. The monoisotopic (exact) mass is 235 g/mol. The van der Waals surface area contributed by atoms with Gasteiger partial charge in [-0.15, -0.1) is 0 Å². The van der Waals surface area contributed by atoms with E-state index in [-0.39, 0.29) is 6.10 Å². The Morgan fingerprint density at radius 1 is 1.59 bits per heavy atom. The Bertz CT molecular complexity index is 482. The van der Waals surface area contributed by atoms with E-state index in [1.165, 1.54) is 6.08 Å². The van der Waals surface area contributed by atoms with Gasteiger partial charge in [0, 0.05) is 23.6 Å². The Morgan fingerprint density at radius 3 is 3.00 bits per heavy atom. The van der Waals surface area contributed by atoms with E-state index in [0.717, 1.165) is 23.9 Å². The second kappa shape index (κ2) is 4.45. The summed E-state index contributed by atoms with van der Waals surface area (Å²) < 4.78 is 10.8. The van der Waals surface area contributed by atoms with Gasteiger partial charge in [0.2, 0.25) is 6.20 Å². The van der Waals surface area contributed by atoms with Gasteiger partial charge in [-0.05, 0) is 19.1 Å². The molecule has 0 saturated carbocycles. The Kier molecular flexibility index (Phi) is 2.99. The molecule has 0 aromatic heterocycles. The number of benzene rings is 1. The van der Waals surface area contributed by atoms with Crippen LogP contribution in [0.5, 0.6) is 11.5 Å². The molecule has 0 radical (unpaired) electrons. The molecule has 5 nitrogen and oxygen atoms in total. The van der Waals surface area contributed by atoms with E-state index in [4.69, 9.17) is 9.47 Å². The smallest absolute Gasteiger partial charge is 0.235 e. The predicted molar refractivity (Wildman–Crippen MR) is 62.8 cm³/mol. The molecule has 0 N–H and O–H groups in total. The van der Waals surface area contributed by atoms with Gasteiger partial charge < -0.3 is 9.47 Å². The summed E-state index contributed by atoms with van der Waals surface area (Å²) in [7, 11) is 1.55. The van der Waals surface area contributed by atoms with Crippen LogP contribution in [-0.2, 0) is 6.42 Å². The molecule has 0 fully saturated rings. The molecule has 1 aliphatic rings. The fourth-order valence-electron chi connectivity index (χ4n) is 1.90. The number of fused-ring (bicyclic) bond motifs is 1. The highest BCUT2D eigenvalue weighted by molar-refractivity contribution is 5.61. The standard InChI is InChI=1S/C12H13NO4/c1-8-5-10-7-11(16-2)9(3-4-13(14)15)6-12(10)17-8/h3-4,6-8H,5H2,1-2H3/b4-3+/t8-/m1/s1. The third-order valence-corrected chi connectivity index (χ3v) is 2.62. The topological polar surface area (TPSA) is 61.6 Å². The molecule has 17 heavy (non-hydrogen) atoms. The molecule has 5 heteroatoms. The summed E-state index contributed by atoms with van der Waals surface area (Å²) >= 11 is 0. The zero-order chi connectivity index (χ0) is 12.4. The molecule has 0 bridgehead atoms. The first-order valence-electron chi connectivity index (χ1n) is 5.29. The third-order valence-electron chi connectivity index (χ3n) is 2.62. The van der Waals surface area contributed by atoms with Gasteiger partial charge in [0.1, 0.15) is 17.6 Å². The van der Waals surface area contributed by atoms with Gasteiger partial charge in [0.15, 0.2) is 0 Å². The molecule has 0 spiro atoms. The minimum Gasteiger partial charge on any atom is -0.496 e. The van der Waals surface area contributed by atoms with Crippen LogP contribution in [0.15, 0.2) is 18.3 Å². The van der Waals surface area contributed by atoms with E-state index < -0.39 is 4.92 Å². The van der Waals surface area contributed by atoms with Crippen LogP contribution in [0.1, 0.15) is 18.1 Å². The second-order valence-corrected chi connectivity index (χ2v) is 3.94. The molecule has 0 amide bonds. The molecule has 1 aliphatic heterocycles. The van der Waals surface area contributed by atoms with Crippen molar-refractivity contribution < 1.29 is 14.4 Å². The minimum absolute atomic E-state index is 0.143. The molecular formula is C12H13NO4. The largest absolute Gasteiger partial charge is 0.496 e. The normalized spacial score (nSPS) is 17.9. The summed E-state index contributed by atoms with van der Waals surface area (Å²) in [6.45, 7) is 1.99. The number of nitrogens with zero attached hydrogens (tertiary/aromatic N) is 1. The summed E-state index contributed by atoms with van der Waals surface area (Å²) in [5.74, 6) is 1.40. The quantitative estimate of drug-likeness (QED) is 0.595. The molecule has 2 rings (SSSR count). The molecular weight excluding hydrogens is 222 g/mol. The number of hydrogen-bond acceptors (Lipinski definition) is 4. The van der Waals surface area contributed by atoms with Crippen molar-refractivity contribution in [1.82, 2.24) is 0 Å². The molecule has 1 heterocycles. The Morgan fingerprint density at radius 2 is 2.35 bits per heavy atom. The summed E-state index contributed by atoms with van der Waals surface area (Å²) in [4.78, 5) is 9.80. The molecule has 1 aromatic carbocycles. The van der Waals surface area contributed by atoms with E-state index in [0.29, 0.717) is 11.3 Å². The van der Waals surface area contributed by atoms with Crippen LogP contribution in [0.2, 0.25) is 0 Å². The lowest BCUT2D eigenvalue weighted by Crippen LogP contribution is -2.05. The Labute approximate surface area is 98.8 Å². The van der Waals surface area contributed by atoms with Gasteiger partial charge in [0.25, 0.3) is 0 Å². The van der Waals surface area contributed by atoms with E-state index in [1.54, 1.807) is 13.2 Å². The lowest BCUT2D eigenvalue weighted by atomic mass is 10.1. The maximum Gasteiger partial charge on any atom is 0.235 e. The van der Waals surface area contributed by atoms with Gasteiger partial charge in [-0.25, -0.2) is 0 Å². The van der Waals surface area contributed by atoms with Gasteiger partial charge in [-0.2, -0.15) is 0 Å². The number of ether oxygens (including phenoxy) is 2. The molecule has 1 aromatic rings. The van der Waals surface area contributed by atoms with E-state index >= 15 is 0 Å². The van der Waals surface area contributed by atoms with Gasteiger partial charge >= 0.3 is 0 Å². The van der Waals surface area contributed by atoms with Crippen molar-refractivity contribution in [1.29, 1.82) is 0 Å². The van der Waals surface area contributed by atoms with Crippen molar-refractivity contribution in [2.75, 3.05) is 7.11 Å². The van der Waals surface area contributed by atoms with E-state index in [2.05, 4.69) is 0 Å². The second-order valence-electron chi connectivity index (χ2n) is 3.94. The Balaban J connectivity index is 2.39. The highest BCUT2D eigenvalue weighted by Crippen LogP contribution is 2.35. The number of rotatable bonds is 3. The maximum atomic E-state index is 10.3. The molecule has 0 unspecified atom stereocenters. The number of nitro groups is 1. The van der Waals surface area contributed by atoms with Gasteiger partial charge in [-0.3, -0.25) is 10.1 Å². The summed E-state index contributed by atoms with van der Waals surface area (Å²) in [5.41, 5.74) is 1.73. The van der Waals surface area contributed by atoms with Crippen molar-refractivity contribution in [3.63, 3.8) is 0 Å². The lowest BCUT2D eigenvalue weighted by molar-refractivity contribution is -0.400. The van der Waals surface area contributed by atoms with E-state index in [1.807, 2.05) is 13.0 Å². The van der Waals surface area contributed by atoms with Crippen molar-refractivity contribution >= 4 is 6.08 Å². The number of methoxy groups -OCH3 is 1. The van der Waals surface area contributed by atoms with Crippen LogP contribution in [0.4, 0.5) is 0 Å². The highest BCUT2D eigenvalue weighted by Gasteiger charge is 2.21. The zero-order valence-corrected chi connectivity index (χ0v) is 9.67. The average Bonchev–Trinajstić information content (AvgIpc) is 2.63. The highest BCUT2D eigenvalue weighted by atomic mass is 16.6.